The molecule has 11 heteroatoms. The Morgan fingerprint density at radius 2 is 1.85 bits per heavy atom. The van der Waals surface area contributed by atoms with Crippen LogP contribution in [0, 0.1) is 17.7 Å². The molecule has 10 nitrogen and oxygen atoms in total. The molecule has 4 bridgehead atoms. The fraction of sp³-hybridized carbons (Fsp3) is 0.690. The number of hydrogen-bond acceptors (Lipinski definition) is 7. The van der Waals surface area contributed by atoms with Crippen molar-refractivity contribution in [2.75, 3.05) is 32.9 Å². The lowest BCUT2D eigenvalue weighted by molar-refractivity contribution is -0.131. The van der Waals surface area contributed by atoms with E-state index in [-0.39, 0.29) is 49.2 Å². The SMILES string of the molecule is CC(C)(C)OC(=O)NCCOCCOC(=O)NC12CC3CC1CC(NCC(=O)N1Cc4ccc(F)cc4C1)(C3)C2. The van der Waals surface area contributed by atoms with Gasteiger partial charge in [0.05, 0.1) is 19.8 Å². The van der Waals surface area contributed by atoms with Gasteiger partial charge in [-0.25, -0.2) is 14.0 Å². The van der Waals surface area contributed by atoms with Crippen molar-refractivity contribution >= 4 is 18.1 Å². The number of carbonyl (C=O) groups is 3. The van der Waals surface area contributed by atoms with E-state index >= 15 is 0 Å². The molecule has 4 aliphatic carbocycles. The van der Waals surface area contributed by atoms with Crippen molar-refractivity contribution in [1.82, 2.24) is 20.9 Å². The lowest BCUT2D eigenvalue weighted by Crippen LogP contribution is -2.56. The molecule has 4 fully saturated rings. The zero-order valence-corrected chi connectivity index (χ0v) is 23.6. The Bertz CT molecular complexity index is 1140. The summed E-state index contributed by atoms with van der Waals surface area (Å²) < 4.78 is 29.6. The topological polar surface area (TPSA) is 118 Å². The number of nitrogens with zero attached hydrogens (tertiary/aromatic N) is 1. The monoisotopic (exact) mass is 560 g/mol. The van der Waals surface area contributed by atoms with E-state index in [0.29, 0.717) is 31.5 Å². The second kappa shape index (κ2) is 11.2. The lowest BCUT2D eigenvalue weighted by atomic mass is 9.74. The third-order valence-electron chi connectivity index (χ3n) is 8.61. The molecule has 6 rings (SSSR count). The number of ether oxygens (including phenoxy) is 3. The molecule has 1 heterocycles. The zero-order valence-electron chi connectivity index (χ0n) is 23.6. The molecule has 3 N–H and O–H groups in total. The van der Waals surface area contributed by atoms with E-state index in [9.17, 15) is 18.8 Å². The highest BCUT2D eigenvalue weighted by atomic mass is 19.1. The first-order chi connectivity index (χ1) is 18.9. The molecule has 1 aromatic rings. The number of carbonyl (C=O) groups excluding carboxylic acids is 3. The van der Waals surface area contributed by atoms with Crippen LogP contribution in [0.3, 0.4) is 0 Å². The number of amides is 3. The summed E-state index contributed by atoms with van der Waals surface area (Å²) in [4.78, 5) is 39.1. The highest BCUT2D eigenvalue weighted by Gasteiger charge is 2.64. The van der Waals surface area contributed by atoms with Gasteiger partial charge in [0.15, 0.2) is 0 Å². The quantitative estimate of drug-likeness (QED) is 0.376. The maximum absolute atomic E-state index is 13.6. The van der Waals surface area contributed by atoms with E-state index in [0.717, 1.165) is 43.2 Å². The second-order valence-electron chi connectivity index (χ2n) is 12.8. The standard InChI is InChI=1S/C29H41FN4O6/c1-27(2,3)40-25(36)31-6-7-38-8-9-39-26(37)33-29-13-19-10-22(29)14-28(12-19,18-29)32-15-24(35)34-16-20-4-5-23(30)11-21(20)17-34/h4-5,11,19,22,32H,6-10,12-18H2,1-3H3,(H,31,36)(H,33,37). The van der Waals surface area contributed by atoms with Crippen LogP contribution >= 0.6 is 0 Å². The van der Waals surface area contributed by atoms with Crippen LogP contribution in [0.25, 0.3) is 0 Å². The Labute approximate surface area is 234 Å². The van der Waals surface area contributed by atoms with Crippen LogP contribution in [0.5, 0.6) is 0 Å². The van der Waals surface area contributed by atoms with Crippen LogP contribution in [0.4, 0.5) is 14.0 Å². The summed E-state index contributed by atoms with van der Waals surface area (Å²) in [7, 11) is 0. The molecule has 3 amide bonds. The minimum atomic E-state index is -0.555. The average Bonchev–Trinajstić information content (AvgIpc) is 3.45. The predicted molar refractivity (Wildman–Crippen MR) is 144 cm³/mol. The third-order valence-corrected chi connectivity index (χ3v) is 8.61. The van der Waals surface area contributed by atoms with Gasteiger partial charge in [0.25, 0.3) is 0 Å². The predicted octanol–water partition coefficient (Wildman–Crippen LogP) is 3.23. The number of hydrogen-bond donors (Lipinski definition) is 3. The number of rotatable bonds is 10. The molecular weight excluding hydrogens is 519 g/mol. The van der Waals surface area contributed by atoms with Gasteiger partial charge < -0.3 is 35.1 Å². The summed E-state index contributed by atoms with van der Waals surface area (Å²) in [6.07, 6.45) is 3.78. The smallest absolute Gasteiger partial charge is 0.407 e. The van der Waals surface area contributed by atoms with Gasteiger partial charge in [0.2, 0.25) is 5.91 Å². The summed E-state index contributed by atoms with van der Waals surface area (Å²) in [6, 6.07) is 4.70. The molecule has 40 heavy (non-hydrogen) atoms. The number of halogens is 1. The summed E-state index contributed by atoms with van der Waals surface area (Å²) in [5.41, 5.74) is 0.835. The van der Waals surface area contributed by atoms with Gasteiger partial charge in [-0.3, -0.25) is 4.79 Å². The molecule has 0 aromatic heterocycles. The Morgan fingerprint density at radius 3 is 2.65 bits per heavy atom. The molecule has 0 spiro atoms. The van der Waals surface area contributed by atoms with Crippen molar-refractivity contribution in [3.05, 3.63) is 35.1 Å². The van der Waals surface area contributed by atoms with Crippen molar-refractivity contribution in [2.24, 2.45) is 11.8 Å². The van der Waals surface area contributed by atoms with Crippen molar-refractivity contribution in [3.8, 4) is 0 Å². The molecular formula is C29H41FN4O6. The molecule has 4 unspecified atom stereocenters. The molecule has 4 saturated carbocycles. The second-order valence-corrected chi connectivity index (χ2v) is 12.8. The average molecular weight is 561 g/mol. The first kappa shape index (κ1) is 28.6. The minimum absolute atomic E-state index is 0.0105. The van der Waals surface area contributed by atoms with Crippen LogP contribution in [0.2, 0.25) is 0 Å². The Morgan fingerprint density at radius 1 is 1.05 bits per heavy atom. The number of alkyl carbamates (subject to hydrolysis) is 2. The van der Waals surface area contributed by atoms with E-state index in [4.69, 9.17) is 14.2 Å². The van der Waals surface area contributed by atoms with Gasteiger partial charge in [-0.2, -0.15) is 0 Å². The molecule has 1 aromatic carbocycles. The maximum atomic E-state index is 13.6. The van der Waals surface area contributed by atoms with Gasteiger partial charge in [-0.05, 0) is 88.0 Å². The molecule has 1 aliphatic heterocycles. The van der Waals surface area contributed by atoms with Gasteiger partial charge in [0, 0.05) is 30.7 Å². The minimum Gasteiger partial charge on any atom is -0.447 e. The van der Waals surface area contributed by atoms with E-state index < -0.39 is 17.8 Å². The fourth-order valence-electron chi connectivity index (χ4n) is 7.29. The van der Waals surface area contributed by atoms with E-state index in [1.54, 1.807) is 31.7 Å². The lowest BCUT2D eigenvalue weighted by Gasteiger charge is -2.41. The fourth-order valence-corrected chi connectivity index (χ4v) is 7.29. The molecule has 5 aliphatic rings. The van der Waals surface area contributed by atoms with Crippen LogP contribution < -0.4 is 16.0 Å². The van der Waals surface area contributed by atoms with E-state index in [2.05, 4.69) is 16.0 Å². The van der Waals surface area contributed by atoms with E-state index in [1.165, 1.54) is 12.1 Å². The first-order valence-corrected chi connectivity index (χ1v) is 14.2. The normalized spacial score (nSPS) is 27.9. The van der Waals surface area contributed by atoms with Gasteiger partial charge >= 0.3 is 12.2 Å². The summed E-state index contributed by atoms with van der Waals surface area (Å²) in [6.45, 7) is 7.49. The highest BCUT2D eigenvalue weighted by molar-refractivity contribution is 5.79. The highest BCUT2D eigenvalue weighted by Crippen LogP contribution is 2.62. The maximum Gasteiger partial charge on any atom is 0.407 e. The third kappa shape index (κ3) is 6.52. The van der Waals surface area contributed by atoms with Crippen LogP contribution in [0.15, 0.2) is 18.2 Å². The Kier molecular flexibility index (Phi) is 7.98. The van der Waals surface area contributed by atoms with Gasteiger partial charge in [-0.1, -0.05) is 6.07 Å². The summed E-state index contributed by atoms with van der Waals surface area (Å²) in [5.74, 6) is 0.599. The zero-order chi connectivity index (χ0) is 28.5. The first-order valence-electron chi connectivity index (χ1n) is 14.2. The van der Waals surface area contributed by atoms with Crippen molar-refractivity contribution in [3.63, 3.8) is 0 Å². The van der Waals surface area contributed by atoms with Crippen LogP contribution in [-0.2, 0) is 32.1 Å². The molecule has 0 radical (unpaired) electrons. The number of nitrogens with one attached hydrogen (secondary N) is 3. The van der Waals surface area contributed by atoms with Crippen molar-refractivity contribution in [1.29, 1.82) is 0 Å². The van der Waals surface area contributed by atoms with E-state index in [1.807, 2.05) is 0 Å². The Balaban J connectivity index is 1.02. The van der Waals surface area contributed by atoms with Crippen molar-refractivity contribution < 1.29 is 33.0 Å². The largest absolute Gasteiger partial charge is 0.447 e. The van der Waals surface area contributed by atoms with Gasteiger partial charge in [-0.15, -0.1) is 0 Å². The molecule has 4 atom stereocenters. The van der Waals surface area contributed by atoms with Crippen LogP contribution in [-0.4, -0.2) is 72.6 Å². The van der Waals surface area contributed by atoms with Crippen molar-refractivity contribution in [2.45, 2.75) is 82.6 Å². The summed E-state index contributed by atoms with van der Waals surface area (Å²) >= 11 is 0. The number of benzene rings is 1. The Hall–Kier alpha value is -2.92. The summed E-state index contributed by atoms with van der Waals surface area (Å²) in [5, 5.41) is 9.37. The molecule has 220 valence electrons. The van der Waals surface area contributed by atoms with Gasteiger partial charge in [0.1, 0.15) is 18.0 Å². The van der Waals surface area contributed by atoms with Crippen LogP contribution in [0.1, 0.15) is 64.0 Å². The molecule has 0 saturated heterocycles. The number of fused-ring (bicyclic) bond motifs is 1.